The van der Waals surface area contributed by atoms with Crippen LogP contribution in [-0.4, -0.2) is 24.1 Å². The normalized spacial score (nSPS) is 10.8. The zero-order valence-corrected chi connectivity index (χ0v) is 13.3. The fourth-order valence-electron chi connectivity index (χ4n) is 1.77. The topological polar surface area (TPSA) is 29.0 Å². The molecule has 1 heterocycles. The molecule has 3 nitrogen and oxygen atoms in total. The van der Waals surface area contributed by atoms with Gasteiger partial charge in [-0.25, -0.2) is 9.97 Å². The highest BCUT2D eigenvalue weighted by molar-refractivity contribution is 9.10. The lowest BCUT2D eigenvalue weighted by molar-refractivity contribution is 0.771. The van der Waals surface area contributed by atoms with Crippen LogP contribution < -0.4 is 4.90 Å². The lowest BCUT2D eigenvalue weighted by Crippen LogP contribution is -2.08. The van der Waals surface area contributed by atoms with Crippen molar-refractivity contribution < 1.29 is 0 Å². The molecule has 0 saturated carbocycles. The maximum atomic E-state index is 4.62. The van der Waals surface area contributed by atoms with Gasteiger partial charge in [-0.05, 0) is 34.1 Å². The second-order valence-corrected chi connectivity index (χ2v) is 5.84. The van der Waals surface area contributed by atoms with Crippen LogP contribution in [0, 0.1) is 0 Å². The van der Waals surface area contributed by atoms with Crippen LogP contribution in [0.4, 0.5) is 5.69 Å². The van der Waals surface area contributed by atoms with Crippen LogP contribution in [0.15, 0.2) is 34.9 Å². The van der Waals surface area contributed by atoms with Gasteiger partial charge in [0.2, 0.25) is 0 Å². The van der Waals surface area contributed by atoms with Crippen molar-refractivity contribution in [3.63, 3.8) is 0 Å². The molecule has 1 aromatic carbocycles. The smallest absolute Gasteiger partial charge is 0.132 e. The van der Waals surface area contributed by atoms with E-state index in [-0.39, 0.29) is 0 Å². The van der Waals surface area contributed by atoms with Gasteiger partial charge in [-0.3, -0.25) is 0 Å². The number of hydrogen-bond donors (Lipinski definition) is 0. The minimum absolute atomic E-state index is 0.317. The summed E-state index contributed by atoms with van der Waals surface area (Å²) in [4.78, 5) is 11.1. The molecule has 100 valence electrons. The van der Waals surface area contributed by atoms with E-state index in [0.29, 0.717) is 5.92 Å². The van der Waals surface area contributed by atoms with Gasteiger partial charge >= 0.3 is 0 Å². The van der Waals surface area contributed by atoms with E-state index in [1.165, 1.54) is 5.69 Å². The number of aromatic nitrogens is 2. The summed E-state index contributed by atoms with van der Waals surface area (Å²) in [6.07, 6.45) is 0. The molecule has 0 atom stereocenters. The molecule has 4 heteroatoms. The number of halogens is 1. The summed E-state index contributed by atoms with van der Waals surface area (Å²) in [6, 6.07) is 10.3. The molecule has 0 radical (unpaired) electrons. The Morgan fingerprint density at radius 2 is 1.68 bits per heavy atom. The summed E-state index contributed by atoms with van der Waals surface area (Å²) < 4.78 is 0.831. The van der Waals surface area contributed by atoms with E-state index in [1.807, 2.05) is 20.2 Å². The summed E-state index contributed by atoms with van der Waals surface area (Å²) in [5.41, 5.74) is 3.24. The molecule has 0 aliphatic rings. The van der Waals surface area contributed by atoms with E-state index in [4.69, 9.17) is 0 Å². The van der Waals surface area contributed by atoms with Crippen LogP contribution in [0.2, 0.25) is 0 Å². The van der Waals surface area contributed by atoms with E-state index in [1.54, 1.807) is 0 Å². The number of benzene rings is 1. The SMILES string of the molecule is CC(C)c1nc(Br)cc(-c2ccc(N(C)C)cc2)n1. The first-order valence-electron chi connectivity index (χ1n) is 6.29. The van der Waals surface area contributed by atoms with E-state index >= 15 is 0 Å². The van der Waals surface area contributed by atoms with E-state index < -0.39 is 0 Å². The molecule has 0 amide bonds. The van der Waals surface area contributed by atoms with Crippen molar-refractivity contribution >= 4 is 21.6 Å². The molecular weight excluding hydrogens is 302 g/mol. The molecule has 0 aliphatic carbocycles. The van der Waals surface area contributed by atoms with Crippen LogP contribution in [0.1, 0.15) is 25.6 Å². The zero-order chi connectivity index (χ0) is 14.0. The van der Waals surface area contributed by atoms with Crippen LogP contribution >= 0.6 is 15.9 Å². The second-order valence-electron chi connectivity index (χ2n) is 5.03. The average molecular weight is 320 g/mol. The Labute approximate surface area is 122 Å². The Hall–Kier alpha value is -1.42. The molecule has 1 aromatic heterocycles. The van der Waals surface area contributed by atoms with Gasteiger partial charge in [0.1, 0.15) is 10.4 Å². The van der Waals surface area contributed by atoms with Crippen molar-refractivity contribution in [1.29, 1.82) is 0 Å². The molecule has 2 aromatic rings. The van der Waals surface area contributed by atoms with Gasteiger partial charge in [0.15, 0.2) is 0 Å². The molecule has 0 spiro atoms. The molecule has 0 fully saturated rings. The third-order valence-corrected chi connectivity index (χ3v) is 3.31. The average Bonchev–Trinajstić information content (AvgIpc) is 2.38. The highest BCUT2D eigenvalue weighted by Crippen LogP contribution is 2.24. The van der Waals surface area contributed by atoms with Gasteiger partial charge in [-0.1, -0.05) is 26.0 Å². The molecule has 0 N–H and O–H groups in total. The Morgan fingerprint density at radius 1 is 1.05 bits per heavy atom. The lowest BCUT2D eigenvalue weighted by Gasteiger charge is -2.13. The quantitative estimate of drug-likeness (QED) is 0.798. The highest BCUT2D eigenvalue weighted by atomic mass is 79.9. The molecule has 0 bridgehead atoms. The van der Waals surface area contributed by atoms with Crippen LogP contribution in [0.5, 0.6) is 0 Å². The van der Waals surface area contributed by atoms with Crippen molar-refractivity contribution in [2.45, 2.75) is 19.8 Å². The van der Waals surface area contributed by atoms with E-state index in [2.05, 4.69) is 68.9 Å². The van der Waals surface area contributed by atoms with Gasteiger partial charge in [0, 0.05) is 31.3 Å². The number of hydrogen-bond acceptors (Lipinski definition) is 3. The zero-order valence-electron chi connectivity index (χ0n) is 11.7. The summed E-state index contributed by atoms with van der Waals surface area (Å²) in [5, 5.41) is 0. The minimum Gasteiger partial charge on any atom is -0.378 e. The number of nitrogens with zero attached hydrogens (tertiary/aromatic N) is 3. The van der Waals surface area contributed by atoms with E-state index in [0.717, 1.165) is 21.7 Å². The largest absolute Gasteiger partial charge is 0.378 e. The first kappa shape index (κ1) is 14.0. The highest BCUT2D eigenvalue weighted by Gasteiger charge is 2.08. The third kappa shape index (κ3) is 3.32. The maximum Gasteiger partial charge on any atom is 0.132 e. The van der Waals surface area contributed by atoms with Gasteiger partial charge in [0.25, 0.3) is 0 Å². The van der Waals surface area contributed by atoms with Crippen molar-refractivity contribution in [2.24, 2.45) is 0 Å². The maximum absolute atomic E-state index is 4.62. The summed E-state index contributed by atoms with van der Waals surface area (Å²) in [6.45, 7) is 4.20. The molecule has 19 heavy (non-hydrogen) atoms. The third-order valence-electron chi connectivity index (χ3n) is 2.91. The van der Waals surface area contributed by atoms with Crippen LogP contribution in [0.25, 0.3) is 11.3 Å². The molecule has 2 rings (SSSR count). The van der Waals surface area contributed by atoms with Crippen LogP contribution in [-0.2, 0) is 0 Å². The van der Waals surface area contributed by atoms with Gasteiger partial charge < -0.3 is 4.90 Å². The fraction of sp³-hybridized carbons (Fsp3) is 0.333. The number of rotatable bonds is 3. The summed E-state index contributed by atoms with van der Waals surface area (Å²) in [5.74, 6) is 1.18. The van der Waals surface area contributed by atoms with Crippen LogP contribution in [0.3, 0.4) is 0 Å². The van der Waals surface area contributed by atoms with Crippen molar-refractivity contribution in [1.82, 2.24) is 9.97 Å². The Kier molecular flexibility index (Phi) is 4.20. The second kappa shape index (κ2) is 5.70. The summed E-state index contributed by atoms with van der Waals surface area (Å²) >= 11 is 3.46. The predicted molar refractivity (Wildman–Crippen MR) is 83.6 cm³/mol. The monoisotopic (exact) mass is 319 g/mol. The predicted octanol–water partition coefficient (Wildman–Crippen LogP) is 4.10. The Balaban J connectivity index is 2.41. The number of anilines is 1. The first-order chi connectivity index (χ1) is 8.97. The van der Waals surface area contributed by atoms with Crippen molar-refractivity contribution in [2.75, 3.05) is 19.0 Å². The standard InChI is InChI=1S/C15H18BrN3/c1-10(2)15-17-13(9-14(16)18-15)11-5-7-12(8-6-11)19(3)4/h5-10H,1-4H3. The molecular formula is C15H18BrN3. The van der Waals surface area contributed by atoms with Crippen molar-refractivity contribution in [3.05, 3.63) is 40.8 Å². The van der Waals surface area contributed by atoms with E-state index in [9.17, 15) is 0 Å². The Morgan fingerprint density at radius 3 is 2.21 bits per heavy atom. The van der Waals surface area contributed by atoms with Gasteiger partial charge in [0.05, 0.1) is 5.69 Å². The molecule has 0 saturated heterocycles. The fourth-order valence-corrected chi connectivity index (χ4v) is 2.17. The van der Waals surface area contributed by atoms with Crippen molar-refractivity contribution in [3.8, 4) is 11.3 Å². The Bertz CT molecular complexity index is 562. The minimum atomic E-state index is 0.317. The summed E-state index contributed by atoms with van der Waals surface area (Å²) in [7, 11) is 4.07. The van der Waals surface area contributed by atoms with Gasteiger partial charge in [-0.15, -0.1) is 0 Å². The molecule has 0 aliphatic heterocycles. The lowest BCUT2D eigenvalue weighted by atomic mass is 10.1. The van der Waals surface area contributed by atoms with Gasteiger partial charge in [-0.2, -0.15) is 0 Å². The first-order valence-corrected chi connectivity index (χ1v) is 7.09. The molecule has 0 unspecified atom stereocenters.